The van der Waals surface area contributed by atoms with E-state index in [0.29, 0.717) is 36.3 Å². The molecule has 0 aliphatic rings. The van der Waals surface area contributed by atoms with Crippen molar-refractivity contribution in [2.24, 2.45) is 0 Å². The highest BCUT2D eigenvalue weighted by molar-refractivity contribution is 7.73. The first-order chi connectivity index (χ1) is 13.0. The van der Waals surface area contributed by atoms with Crippen molar-refractivity contribution in [3.8, 4) is 0 Å². The van der Waals surface area contributed by atoms with Crippen molar-refractivity contribution in [2.75, 3.05) is 0 Å². The molecule has 2 aromatic carbocycles. The summed E-state index contributed by atoms with van der Waals surface area (Å²) in [4.78, 5) is 11.3. The first-order valence-corrected chi connectivity index (χ1v) is 10.6. The number of allylic oxidation sites excluding steroid dienone is 4. The average molecular weight is 378 g/mol. The largest absolute Gasteiger partial charge is 0.338 e. The van der Waals surface area contributed by atoms with E-state index in [1.165, 1.54) is 0 Å². The van der Waals surface area contributed by atoms with Gasteiger partial charge in [0.25, 0.3) is 7.37 Å². The van der Waals surface area contributed by atoms with Gasteiger partial charge in [-0.3, -0.25) is 4.57 Å². The first-order valence-electron chi connectivity index (χ1n) is 8.99. The maximum Gasteiger partial charge on any atom is 0.259 e. The normalized spacial score (nSPS) is 11.0. The first kappa shape index (κ1) is 20.9. The fraction of sp³-hybridized carbons (Fsp3) is 0.167. The van der Waals surface area contributed by atoms with E-state index in [0.717, 1.165) is 22.3 Å². The maximum atomic E-state index is 13.8. The maximum absolute atomic E-state index is 13.8. The molecular weight excluding hydrogens is 351 g/mol. The summed E-state index contributed by atoms with van der Waals surface area (Å²) in [5.41, 5.74) is 3.58. The summed E-state index contributed by atoms with van der Waals surface area (Å²) in [6.45, 7) is 15.1. The summed E-state index contributed by atoms with van der Waals surface area (Å²) in [7, 11) is -3.80. The van der Waals surface area contributed by atoms with E-state index in [1.54, 1.807) is 24.3 Å². The van der Waals surface area contributed by atoms with Crippen LogP contribution < -0.4 is 10.6 Å². The number of hydrogen-bond donors (Lipinski definition) is 1. The number of rotatable bonds is 10. The minimum Gasteiger partial charge on any atom is -0.338 e. The lowest BCUT2D eigenvalue weighted by molar-refractivity contribution is 0.500. The summed E-state index contributed by atoms with van der Waals surface area (Å²) in [6, 6.07) is 11.4. The van der Waals surface area contributed by atoms with Gasteiger partial charge in [0, 0.05) is 10.6 Å². The van der Waals surface area contributed by atoms with Crippen LogP contribution in [0.2, 0.25) is 0 Å². The van der Waals surface area contributed by atoms with Crippen molar-refractivity contribution in [3.05, 3.63) is 109 Å². The third-order valence-corrected chi connectivity index (χ3v) is 6.58. The van der Waals surface area contributed by atoms with Crippen LogP contribution in [0.4, 0.5) is 0 Å². The molecule has 3 heteroatoms. The molecule has 2 rings (SSSR count). The molecular formula is C24H27O2P. The Balaban J connectivity index is 2.70. The van der Waals surface area contributed by atoms with Gasteiger partial charge in [0.2, 0.25) is 0 Å². The number of hydrogen-bond acceptors (Lipinski definition) is 1. The van der Waals surface area contributed by atoms with Crippen LogP contribution in [0.25, 0.3) is 0 Å². The Morgan fingerprint density at radius 3 is 1.41 bits per heavy atom. The summed E-state index contributed by atoms with van der Waals surface area (Å²) in [6.07, 6.45) is 9.48. The molecule has 0 fully saturated rings. The predicted octanol–water partition coefficient (Wildman–Crippen LogP) is 4.82. The summed E-state index contributed by atoms with van der Waals surface area (Å²) in [5, 5.41) is 0.950. The summed E-state index contributed by atoms with van der Waals surface area (Å²) >= 11 is 0. The van der Waals surface area contributed by atoms with E-state index in [2.05, 4.69) is 26.3 Å². The van der Waals surface area contributed by atoms with E-state index < -0.39 is 7.37 Å². The van der Waals surface area contributed by atoms with Crippen molar-refractivity contribution in [2.45, 2.75) is 25.7 Å². The Morgan fingerprint density at radius 2 is 1.07 bits per heavy atom. The molecule has 0 heterocycles. The molecule has 140 valence electrons. The highest BCUT2D eigenvalue weighted by Crippen LogP contribution is 2.41. The van der Waals surface area contributed by atoms with E-state index in [9.17, 15) is 9.46 Å². The Labute approximate surface area is 162 Å². The van der Waals surface area contributed by atoms with Gasteiger partial charge >= 0.3 is 0 Å². The van der Waals surface area contributed by atoms with Crippen molar-refractivity contribution in [1.29, 1.82) is 0 Å². The van der Waals surface area contributed by atoms with E-state index in [4.69, 9.17) is 0 Å². The van der Waals surface area contributed by atoms with Crippen LogP contribution in [0.15, 0.2) is 87.0 Å². The Bertz CT molecular complexity index is 837. The molecule has 2 nitrogen and oxygen atoms in total. The van der Waals surface area contributed by atoms with Crippen LogP contribution in [0, 0.1) is 0 Å². The van der Waals surface area contributed by atoms with Gasteiger partial charge < -0.3 is 4.89 Å². The van der Waals surface area contributed by atoms with Crippen LogP contribution in [-0.2, 0) is 30.2 Å². The van der Waals surface area contributed by atoms with Crippen LogP contribution in [-0.4, -0.2) is 4.89 Å². The van der Waals surface area contributed by atoms with Gasteiger partial charge in [0.15, 0.2) is 0 Å². The monoisotopic (exact) mass is 378 g/mol. The van der Waals surface area contributed by atoms with Crippen molar-refractivity contribution in [1.82, 2.24) is 0 Å². The smallest absolute Gasteiger partial charge is 0.259 e. The molecule has 0 saturated carbocycles. The zero-order valence-electron chi connectivity index (χ0n) is 15.7. The van der Waals surface area contributed by atoms with Crippen molar-refractivity contribution < 1.29 is 9.46 Å². The lowest BCUT2D eigenvalue weighted by Gasteiger charge is -2.20. The highest BCUT2D eigenvalue weighted by Gasteiger charge is 2.29. The number of benzene rings is 2. The quantitative estimate of drug-likeness (QED) is 0.475. The fourth-order valence-corrected chi connectivity index (χ4v) is 5.21. The standard InChI is InChI=1S/C24H27O2P/c1-5-9-19-13-15-21(11-7-3)23(17-19)27(25,26)24-18-20(10-6-2)14-16-22(24)12-8-4/h5-8,13-18H,1-4,9-12H2,(H,25,26). The zero-order valence-corrected chi connectivity index (χ0v) is 16.6. The van der Waals surface area contributed by atoms with E-state index in [1.807, 2.05) is 36.4 Å². The highest BCUT2D eigenvalue weighted by atomic mass is 31.2. The topological polar surface area (TPSA) is 37.3 Å². The molecule has 2 aromatic rings. The van der Waals surface area contributed by atoms with Gasteiger partial charge in [-0.1, -0.05) is 48.6 Å². The lowest BCUT2D eigenvalue weighted by atomic mass is 10.1. The van der Waals surface area contributed by atoms with Gasteiger partial charge in [-0.15, -0.1) is 26.3 Å². The van der Waals surface area contributed by atoms with Crippen molar-refractivity contribution >= 4 is 18.0 Å². The van der Waals surface area contributed by atoms with Gasteiger partial charge in [-0.25, -0.2) is 0 Å². The second kappa shape index (κ2) is 9.50. The molecule has 0 atom stereocenters. The molecule has 0 bridgehead atoms. The average Bonchev–Trinajstić information content (AvgIpc) is 2.65. The minimum absolute atomic E-state index is 0.475. The molecule has 0 saturated heterocycles. The summed E-state index contributed by atoms with van der Waals surface area (Å²) in [5.74, 6) is 0. The molecule has 0 aliphatic heterocycles. The van der Waals surface area contributed by atoms with Crippen molar-refractivity contribution in [3.63, 3.8) is 0 Å². The molecule has 0 radical (unpaired) electrons. The van der Waals surface area contributed by atoms with Gasteiger partial charge in [0.05, 0.1) is 0 Å². The van der Waals surface area contributed by atoms with Crippen LogP contribution in [0.1, 0.15) is 22.3 Å². The molecule has 0 aromatic heterocycles. The Kier molecular flexibility index (Phi) is 7.36. The molecule has 0 aliphatic carbocycles. The molecule has 0 amide bonds. The zero-order chi connectivity index (χ0) is 19.9. The lowest BCUT2D eigenvalue weighted by Crippen LogP contribution is -2.23. The van der Waals surface area contributed by atoms with Gasteiger partial charge in [-0.2, -0.15) is 0 Å². The third-order valence-electron chi connectivity index (χ3n) is 4.44. The second-order valence-electron chi connectivity index (χ2n) is 6.47. The summed E-state index contributed by atoms with van der Waals surface area (Å²) < 4.78 is 13.8. The minimum atomic E-state index is -3.80. The molecule has 27 heavy (non-hydrogen) atoms. The Morgan fingerprint density at radius 1 is 0.704 bits per heavy atom. The van der Waals surface area contributed by atoms with Crippen LogP contribution in [0.3, 0.4) is 0 Å². The van der Waals surface area contributed by atoms with E-state index >= 15 is 0 Å². The van der Waals surface area contributed by atoms with Crippen LogP contribution >= 0.6 is 7.37 Å². The van der Waals surface area contributed by atoms with Gasteiger partial charge in [-0.05, 0) is 60.1 Å². The molecule has 1 N–H and O–H groups in total. The van der Waals surface area contributed by atoms with E-state index in [-0.39, 0.29) is 0 Å². The fourth-order valence-electron chi connectivity index (χ4n) is 3.16. The third kappa shape index (κ3) is 4.86. The molecule has 0 unspecified atom stereocenters. The predicted molar refractivity (Wildman–Crippen MR) is 118 cm³/mol. The molecule has 0 spiro atoms. The van der Waals surface area contributed by atoms with Gasteiger partial charge in [0.1, 0.15) is 0 Å². The van der Waals surface area contributed by atoms with Crippen LogP contribution in [0.5, 0.6) is 0 Å². The second-order valence-corrected chi connectivity index (χ2v) is 8.59. The SMILES string of the molecule is C=CCc1ccc(CC=C)c(P(=O)(O)c2cc(CC=C)ccc2CC=C)c1. The Hall–Kier alpha value is -2.41.